The van der Waals surface area contributed by atoms with E-state index in [0.29, 0.717) is 5.41 Å². The molecule has 0 aliphatic heterocycles. The molecule has 0 amide bonds. The molecule has 1 N–H and O–H groups in total. The molecular weight excluding hydrogens is 246 g/mol. The molecule has 0 heterocycles. The Kier molecular flexibility index (Phi) is 7.68. The van der Waals surface area contributed by atoms with Crippen LogP contribution in [0.1, 0.15) is 52.5 Å². The number of ether oxygens (including phenoxy) is 1. The number of hydrogen-bond acceptors (Lipinski definition) is 2. The van der Waals surface area contributed by atoms with Crippen LogP contribution >= 0.6 is 0 Å². The first kappa shape index (κ1) is 17.0. The summed E-state index contributed by atoms with van der Waals surface area (Å²) in [6.45, 7) is 12.0. The van der Waals surface area contributed by atoms with Crippen molar-refractivity contribution in [3.63, 3.8) is 0 Å². The van der Waals surface area contributed by atoms with Gasteiger partial charge >= 0.3 is 0 Å². The van der Waals surface area contributed by atoms with E-state index >= 15 is 0 Å². The van der Waals surface area contributed by atoms with Gasteiger partial charge in [0.1, 0.15) is 5.75 Å². The lowest BCUT2D eigenvalue weighted by Gasteiger charge is -2.25. The van der Waals surface area contributed by atoms with Gasteiger partial charge in [-0.2, -0.15) is 0 Å². The maximum Gasteiger partial charge on any atom is 0.119 e. The number of hydrogen-bond donors (Lipinski definition) is 1. The van der Waals surface area contributed by atoms with Gasteiger partial charge in [0.05, 0.1) is 6.61 Å². The minimum atomic E-state index is 0.402. The highest BCUT2D eigenvalue weighted by Crippen LogP contribution is 2.27. The van der Waals surface area contributed by atoms with E-state index in [0.717, 1.165) is 31.9 Å². The fourth-order valence-electron chi connectivity index (χ4n) is 2.26. The van der Waals surface area contributed by atoms with Crippen LogP contribution in [0.4, 0.5) is 0 Å². The molecule has 0 fully saturated rings. The number of nitrogens with one attached hydrogen (secondary N) is 1. The minimum Gasteiger partial charge on any atom is -0.494 e. The predicted octanol–water partition coefficient (Wildman–Crippen LogP) is 4.43. The average molecular weight is 277 g/mol. The summed E-state index contributed by atoms with van der Waals surface area (Å²) >= 11 is 0. The van der Waals surface area contributed by atoms with E-state index in [-0.39, 0.29) is 0 Å². The molecule has 2 heteroatoms. The van der Waals surface area contributed by atoms with Gasteiger partial charge in [0.2, 0.25) is 0 Å². The normalized spacial score (nSPS) is 11.6. The SMILES string of the molecule is CCCNCCC(C)(C)CCc1ccc(OCC)cc1. The minimum absolute atomic E-state index is 0.402. The van der Waals surface area contributed by atoms with Gasteiger partial charge in [-0.25, -0.2) is 0 Å². The number of rotatable bonds is 10. The van der Waals surface area contributed by atoms with Crippen LogP contribution in [-0.4, -0.2) is 19.7 Å². The third kappa shape index (κ3) is 6.95. The second-order valence-corrected chi connectivity index (χ2v) is 6.24. The van der Waals surface area contributed by atoms with E-state index < -0.39 is 0 Å². The molecule has 0 saturated carbocycles. The number of benzene rings is 1. The molecule has 114 valence electrons. The van der Waals surface area contributed by atoms with Crippen molar-refractivity contribution in [3.05, 3.63) is 29.8 Å². The molecule has 2 nitrogen and oxygen atoms in total. The van der Waals surface area contributed by atoms with Crippen LogP contribution in [0, 0.1) is 5.41 Å². The quantitative estimate of drug-likeness (QED) is 0.639. The Morgan fingerprint density at radius 3 is 2.30 bits per heavy atom. The molecule has 20 heavy (non-hydrogen) atoms. The van der Waals surface area contributed by atoms with Gasteiger partial charge in [-0.05, 0) is 68.8 Å². The average Bonchev–Trinajstić information content (AvgIpc) is 2.43. The molecule has 0 radical (unpaired) electrons. The molecule has 0 aliphatic rings. The van der Waals surface area contributed by atoms with E-state index in [9.17, 15) is 0 Å². The van der Waals surface area contributed by atoms with Gasteiger partial charge in [-0.15, -0.1) is 0 Å². The van der Waals surface area contributed by atoms with Crippen LogP contribution in [0.25, 0.3) is 0 Å². The zero-order valence-corrected chi connectivity index (χ0v) is 13.7. The third-order valence-electron chi connectivity index (χ3n) is 3.73. The Morgan fingerprint density at radius 1 is 1.00 bits per heavy atom. The monoisotopic (exact) mass is 277 g/mol. The van der Waals surface area contributed by atoms with Gasteiger partial charge < -0.3 is 10.1 Å². The van der Waals surface area contributed by atoms with Crippen LogP contribution in [0.15, 0.2) is 24.3 Å². The Hall–Kier alpha value is -1.02. The highest BCUT2D eigenvalue weighted by molar-refractivity contribution is 5.27. The lowest BCUT2D eigenvalue weighted by atomic mass is 9.83. The molecule has 0 bridgehead atoms. The largest absolute Gasteiger partial charge is 0.494 e. The molecule has 0 unspecified atom stereocenters. The van der Waals surface area contributed by atoms with Crippen molar-refractivity contribution in [2.24, 2.45) is 5.41 Å². The molecule has 1 aromatic carbocycles. The zero-order valence-electron chi connectivity index (χ0n) is 13.7. The summed E-state index contributed by atoms with van der Waals surface area (Å²) in [6.07, 6.45) is 4.83. The fourth-order valence-corrected chi connectivity index (χ4v) is 2.26. The Bertz CT molecular complexity index is 356. The molecule has 0 saturated heterocycles. The van der Waals surface area contributed by atoms with E-state index in [1.165, 1.54) is 24.8 Å². The first-order valence-electron chi connectivity index (χ1n) is 8.00. The van der Waals surface area contributed by atoms with E-state index in [4.69, 9.17) is 4.74 Å². The predicted molar refractivity (Wildman–Crippen MR) is 87.5 cm³/mol. The van der Waals surface area contributed by atoms with Crippen molar-refractivity contribution in [1.29, 1.82) is 0 Å². The van der Waals surface area contributed by atoms with E-state index in [1.807, 2.05) is 6.92 Å². The topological polar surface area (TPSA) is 21.3 Å². The van der Waals surface area contributed by atoms with Crippen LogP contribution in [0.3, 0.4) is 0 Å². The lowest BCUT2D eigenvalue weighted by Crippen LogP contribution is -2.23. The van der Waals surface area contributed by atoms with E-state index in [1.54, 1.807) is 0 Å². The van der Waals surface area contributed by atoms with Crippen LogP contribution in [0.2, 0.25) is 0 Å². The summed E-state index contributed by atoms with van der Waals surface area (Å²) in [5, 5.41) is 3.49. The van der Waals surface area contributed by atoms with Gasteiger partial charge in [-0.1, -0.05) is 32.9 Å². The summed E-state index contributed by atoms with van der Waals surface area (Å²) in [5.74, 6) is 0.972. The Balaban J connectivity index is 2.33. The fraction of sp³-hybridized carbons (Fsp3) is 0.667. The van der Waals surface area contributed by atoms with Gasteiger partial charge in [0, 0.05) is 0 Å². The Labute approximate surface area is 124 Å². The standard InChI is InChI=1S/C18H31NO/c1-5-14-19-15-13-18(3,4)12-11-16-7-9-17(10-8-16)20-6-2/h7-10,19H,5-6,11-15H2,1-4H3. The molecule has 1 rings (SSSR count). The summed E-state index contributed by atoms with van der Waals surface area (Å²) in [7, 11) is 0. The van der Waals surface area contributed by atoms with Gasteiger partial charge in [0.15, 0.2) is 0 Å². The summed E-state index contributed by atoms with van der Waals surface area (Å²) in [4.78, 5) is 0. The van der Waals surface area contributed by atoms with Crippen molar-refractivity contribution in [2.45, 2.75) is 53.4 Å². The third-order valence-corrected chi connectivity index (χ3v) is 3.73. The molecule has 0 atom stereocenters. The maximum atomic E-state index is 5.47. The summed E-state index contributed by atoms with van der Waals surface area (Å²) < 4.78 is 5.47. The van der Waals surface area contributed by atoms with Crippen LogP contribution in [-0.2, 0) is 6.42 Å². The van der Waals surface area contributed by atoms with Crippen molar-refractivity contribution in [2.75, 3.05) is 19.7 Å². The Morgan fingerprint density at radius 2 is 1.70 bits per heavy atom. The van der Waals surface area contributed by atoms with Gasteiger partial charge in [0.25, 0.3) is 0 Å². The van der Waals surface area contributed by atoms with Crippen LogP contribution in [0.5, 0.6) is 5.75 Å². The molecule has 0 spiro atoms. The zero-order chi connectivity index (χ0) is 14.8. The second kappa shape index (κ2) is 9.02. The molecular formula is C18H31NO. The van der Waals surface area contributed by atoms with Crippen molar-refractivity contribution < 1.29 is 4.74 Å². The maximum absolute atomic E-state index is 5.47. The van der Waals surface area contributed by atoms with Crippen LogP contribution < -0.4 is 10.1 Å². The summed E-state index contributed by atoms with van der Waals surface area (Å²) in [5.41, 5.74) is 1.81. The van der Waals surface area contributed by atoms with Crippen molar-refractivity contribution >= 4 is 0 Å². The highest BCUT2D eigenvalue weighted by atomic mass is 16.5. The first-order valence-corrected chi connectivity index (χ1v) is 8.00. The van der Waals surface area contributed by atoms with Crippen molar-refractivity contribution in [1.82, 2.24) is 5.32 Å². The van der Waals surface area contributed by atoms with E-state index in [2.05, 4.69) is 50.4 Å². The molecule has 1 aromatic rings. The van der Waals surface area contributed by atoms with Crippen molar-refractivity contribution in [3.8, 4) is 5.75 Å². The second-order valence-electron chi connectivity index (χ2n) is 6.24. The first-order chi connectivity index (χ1) is 9.57. The number of aryl methyl sites for hydroxylation is 1. The highest BCUT2D eigenvalue weighted by Gasteiger charge is 2.17. The molecule has 0 aliphatic carbocycles. The van der Waals surface area contributed by atoms with Gasteiger partial charge in [-0.3, -0.25) is 0 Å². The summed E-state index contributed by atoms with van der Waals surface area (Å²) in [6, 6.07) is 8.54. The lowest BCUT2D eigenvalue weighted by molar-refractivity contribution is 0.302. The molecule has 0 aromatic heterocycles. The smallest absolute Gasteiger partial charge is 0.119 e.